The fourth-order valence-electron chi connectivity index (χ4n) is 3.37. The van der Waals surface area contributed by atoms with Crippen molar-refractivity contribution < 1.29 is 19.8 Å². The number of ketones is 1. The van der Waals surface area contributed by atoms with Gasteiger partial charge in [0.15, 0.2) is 0 Å². The molecule has 1 amide bonds. The minimum absolute atomic E-state index is 0.0398. The number of hydrogen-bond acceptors (Lipinski definition) is 4. The van der Waals surface area contributed by atoms with Gasteiger partial charge in [0.2, 0.25) is 0 Å². The molecule has 1 fully saturated rings. The minimum Gasteiger partial charge on any atom is -0.508 e. The van der Waals surface area contributed by atoms with Crippen LogP contribution in [-0.4, -0.2) is 33.3 Å². The van der Waals surface area contributed by atoms with Gasteiger partial charge in [-0.15, -0.1) is 0 Å². The van der Waals surface area contributed by atoms with E-state index in [4.69, 9.17) is 0 Å². The highest BCUT2D eigenvalue weighted by Gasteiger charge is 2.46. The summed E-state index contributed by atoms with van der Waals surface area (Å²) in [6, 6.07) is 12.8. The van der Waals surface area contributed by atoms with Crippen molar-refractivity contribution in [3.05, 3.63) is 70.8 Å². The van der Waals surface area contributed by atoms with Gasteiger partial charge in [-0.25, -0.2) is 0 Å². The highest BCUT2D eigenvalue weighted by molar-refractivity contribution is 6.46. The molecule has 0 aliphatic carbocycles. The van der Waals surface area contributed by atoms with Crippen molar-refractivity contribution in [1.82, 2.24) is 4.90 Å². The van der Waals surface area contributed by atoms with E-state index in [9.17, 15) is 19.8 Å². The Morgan fingerprint density at radius 1 is 1.11 bits per heavy atom. The van der Waals surface area contributed by atoms with Crippen LogP contribution >= 0.6 is 0 Å². The van der Waals surface area contributed by atoms with E-state index in [-0.39, 0.29) is 23.0 Å². The van der Waals surface area contributed by atoms with E-state index in [0.29, 0.717) is 17.7 Å². The van der Waals surface area contributed by atoms with Crippen molar-refractivity contribution in [2.45, 2.75) is 26.8 Å². The molecule has 2 aromatic carbocycles. The first kappa shape index (κ1) is 18.7. The topological polar surface area (TPSA) is 77.8 Å². The number of amides is 1. The van der Waals surface area contributed by atoms with Gasteiger partial charge in [0, 0.05) is 12.1 Å². The number of benzene rings is 2. The largest absolute Gasteiger partial charge is 0.508 e. The minimum atomic E-state index is -0.735. The van der Waals surface area contributed by atoms with E-state index in [1.165, 1.54) is 17.0 Å². The molecule has 0 radical (unpaired) electrons. The van der Waals surface area contributed by atoms with E-state index in [0.717, 1.165) is 5.56 Å². The standard InChI is InChI=1S/C22H23NO4/c1-13(2)12-23-19(16-5-4-6-17(24)11-16)18(21(26)22(23)27)20(25)15-9-7-14(3)8-10-15/h4-11,13,19,24-25H,12H2,1-3H3. The summed E-state index contributed by atoms with van der Waals surface area (Å²) < 4.78 is 0. The second-order valence-corrected chi connectivity index (χ2v) is 7.31. The fraction of sp³-hybridized carbons (Fsp3) is 0.273. The predicted octanol–water partition coefficient (Wildman–Crippen LogP) is 3.78. The lowest BCUT2D eigenvalue weighted by Gasteiger charge is -2.27. The van der Waals surface area contributed by atoms with Crippen LogP contribution in [0.25, 0.3) is 5.76 Å². The number of aliphatic hydroxyl groups is 1. The Balaban J connectivity index is 2.19. The SMILES string of the molecule is Cc1ccc(C(O)=C2C(=O)C(=O)N(CC(C)C)C2c2cccc(O)c2)cc1. The molecule has 2 N–H and O–H groups in total. The highest BCUT2D eigenvalue weighted by Crippen LogP contribution is 2.40. The van der Waals surface area contributed by atoms with Crippen molar-refractivity contribution in [2.75, 3.05) is 6.54 Å². The van der Waals surface area contributed by atoms with Gasteiger partial charge in [0.1, 0.15) is 11.5 Å². The van der Waals surface area contributed by atoms with Crippen molar-refractivity contribution >= 4 is 17.4 Å². The zero-order valence-corrected chi connectivity index (χ0v) is 15.6. The molecule has 3 rings (SSSR count). The van der Waals surface area contributed by atoms with Crippen LogP contribution in [0.1, 0.15) is 36.6 Å². The van der Waals surface area contributed by atoms with Gasteiger partial charge in [-0.1, -0.05) is 55.8 Å². The summed E-state index contributed by atoms with van der Waals surface area (Å²) >= 11 is 0. The maximum atomic E-state index is 12.8. The molecule has 0 bridgehead atoms. The molecule has 2 aromatic rings. The van der Waals surface area contributed by atoms with Gasteiger partial charge in [0.05, 0.1) is 11.6 Å². The van der Waals surface area contributed by atoms with Crippen LogP contribution in [0.5, 0.6) is 5.75 Å². The summed E-state index contributed by atoms with van der Waals surface area (Å²) in [6.45, 7) is 6.21. The van der Waals surface area contributed by atoms with Gasteiger partial charge in [-0.2, -0.15) is 0 Å². The average Bonchev–Trinajstić information content (AvgIpc) is 2.86. The number of aliphatic hydroxyl groups excluding tert-OH is 1. The summed E-state index contributed by atoms with van der Waals surface area (Å²) in [6.07, 6.45) is 0. The summed E-state index contributed by atoms with van der Waals surface area (Å²) in [4.78, 5) is 26.9. The number of rotatable bonds is 4. The number of hydrogen-bond donors (Lipinski definition) is 2. The lowest BCUT2D eigenvalue weighted by Crippen LogP contribution is -2.33. The van der Waals surface area contributed by atoms with Crippen molar-refractivity contribution in [3.63, 3.8) is 0 Å². The predicted molar refractivity (Wildman–Crippen MR) is 103 cm³/mol. The molecule has 27 heavy (non-hydrogen) atoms. The van der Waals surface area contributed by atoms with E-state index in [1.54, 1.807) is 24.3 Å². The number of phenolic OH excluding ortho intramolecular Hbond substituents is 1. The van der Waals surface area contributed by atoms with Crippen molar-refractivity contribution in [1.29, 1.82) is 0 Å². The highest BCUT2D eigenvalue weighted by atomic mass is 16.3. The molecule has 1 heterocycles. The molecular weight excluding hydrogens is 342 g/mol. The van der Waals surface area contributed by atoms with Gasteiger partial charge < -0.3 is 15.1 Å². The zero-order chi connectivity index (χ0) is 19.7. The number of Topliss-reactive ketones (excluding diaryl/α,β-unsaturated/α-hetero) is 1. The van der Waals surface area contributed by atoms with Gasteiger partial charge in [0.25, 0.3) is 11.7 Å². The Kier molecular flexibility index (Phi) is 5.04. The molecular formula is C22H23NO4. The van der Waals surface area contributed by atoms with Crippen molar-refractivity contribution in [2.24, 2.45) is 5.92 Å². The normalized spacial score (nSPS) is 19.1. The van der Waals surface area contributed by atoms with Crippen LogP contribution in [0.4, 0.5) is 0 Å². The van der Waals surface area contributed by atoms with E-state index in [1.807, 2.05) is 32.9 Å². The summed E-state index contributed by atoms with van der Waals surface area (Å²) in [7, 11) is 0. The molecule has 1 atom stereocenters. The Bertz CT molecular complexity index is 912. The Hall–Kier alpha value is -3.08. The van der Waals surface area contributed by atoms with E-state index in [2.05, 4.69) is 0 Å². The number of likely N-dealkylation sites (tertiary alicyclic amines) is 1. The third-order valence-corrected chi connectivity index (χ3v) is 4.61. The second-order valence-electron chi connectivity index (χ2n) is 7.31. The van der Waals surface area contributed by atoms with Crippen LogP contribution < -0.4 is 0 Å². The maximum absolute atomic E-state index is 12.8. The number of aromatic hydroxyl groups is 1. The lowest BCUT2D eigenvalue weighted by atomic mass is 9.94. The third kappa shape index (κ3) is 3.58. The second kappa shape index (κ2) is 7.27. The maximum Gasteiger partial charge on any atom is 0.295 e. The van der Waals surface area contributed by atoms with Gasteiger partial charge >= 0.3 is 0 Å². The molecule has 1 saturated heterocycles. The lowest BCUT2D eigenvalue weighted by molar-refractivity contribution is -0.140. The number of aryl methyl sites for hydroxylation is 1. The van der Waals surface area contributed by atoms with Gasteiger partial charge in [-0.3, -0.25) is 9.59 Å². The molecule has 0 aromatic heterocycles. The number of carbonyl (C=O) groups is 2. The van der Waals surface area contributed by atoms with E-state index < -0.39 is 17.7 Å². The third-order valence-electron chi connectivity index (χ3n) is 4.61. The Morgan fingerprint density at radius 3 is 2.37 bits per heavy atom. The number of carbonyl (C=O) groups excluding carboxylic acids is 2. The molecule has 1 aliphatic heterocycles. The number of phenols is 1. The quantitative estimate of drug-likeness (QED) is 0.491. The van der Waals surface area contributed by atoms with Crippen LogP contribution in [0.15, 0.2) is 54.1 Å². The summed E-state index contributed by atoms with van der Waals surface area (Å²) in [5, 5.41) is 20.7. The van der Waals surface area contributed by atoms with Crippen LogP contribution in [0.3, 0.4) is 0 Å². The Morgan fingerprint density at radius 2 is 1.78 bits per heavy atom. The Labute approximate surface area is 158 Å². The summed E-state index contributed by atoms with van der Waals surface area (Å²) in [5.74, 6) is -1.36. The zero-order valence-electron chi connectivity index (χ0n) is 15.6. The smallest absolute Gasteiger partial charge is 0.295 e. The van der Waals surface area contributed by atoms with Crippen molar-refractivity contribution in [3.8, 4) is 5.75 Å². The molecule has 5 heteroatoms. The first-order valence-corrected chi connectivity index (χ1v) is 8.94. The number of nitrogens with zero attached hydrogens (tertiary/aromatic N) is 1. The monoisotopic (exact) mass is 365 g/mol. The first-order chi connectivity index (χ1) is 12.8. The average molecular weight is 365 g/mol. The fourth-order valence-corrected chi connectivity index (χ4v) is 3.37. The molecule has 140 valence electrons. The van der Waals surface area contributed by atoms with Gasteiger partial charge in [-0.05, 0) is 30.5 Å². The van der Waals surface area contributed by atoms with Crippen LogP contribution in [0, 0.1) is 12.8 Å². The molecule has 0 spiro atoms. The van der Waals surface area contributed by atoms with E-state index >= 15 is 0 Å². The molecule has 1 unspecified atom stereocenters. The molecule has 5 nitrogen and oxygen atoms in total. The molecule has 0 saturated carbocycles. The first-order valence-electron chi connectivity index (χ1n) is 8.94. The molecule has 1 aliphatic rings. The van der Waals surface area contributed by atoms with Crippen LogP contribution in [0.2, 0.25) is 0 Å². The summed E-state index contributed by atoms with van der Waals surface area (Å²) in [5.41, 5.74) is 2.14. The van der Waals surface area contributed by atoms with Crippen LogP contribution in [-0.2, 0) is 9.59 Å².